The van der Waals surface area contributed by atoms with Gasteiger partial charge in [0.1, 0.15) is 0 Å². The van der Waals surface area contributed by atoms with Crippen LogP contribution in [0.2, 0.25) is 0 Å². The smallest absolute Gasteiger partial charge is 0.0221 e. The second kappa shape index (κ2) is 4.79. The van der Waals surface area contributed by atoms with Crippen molar-refractivity contribution in [1.29, 1.82) is 0 Å². The molecule has 1 nitrogen and oxygen atoms in total. The van der Waals surface area contributed by atoms with Gasteiger partial charge in [-0.15, -0.1) is 0 Å². The molecule has 2 rings (SSSR count). The Labute approximate surface area is 104 Å². The van der Waals surface area contributed by atoms with Crippen molar-refractivity contribution in [2.75, 3.05) is 0 Å². The fourth-order valence-corrected chi connectivity index (χ4v) is 2.29. The maximum atomic E-state index is 2.34. The van der Waals surface area contributed by atoms with Gasteiger partial charge in [0.15, 0.2) is 0 Å². The number of aryl methyl sites for hydroxylation is 2. The molecule has 0 fully saturated rings. The van der Waals surface area contributed by atoms with Crippen LogP contribution in [0.4, 0.5) is 0 Å². The molecule has 0 aliphatic heterocycles. The first-order valence-electron chi connectivity index (χ1n) is 6.35. The lowest BCUT2D eigenvalue weighted by atomic mass is 10.0. The summed E-state index contributed by atoms with van der Waals surface area (Å²) in [6.07, 6.45) is 2.35. The molecule has 1 heterocycles. The number of rotatable bonds is 3. The first-order chi connectivity index (χ1) is 8.13. The molecule has 0 saturated heterocycles. The van der Waals surface area contributed by atoms with E-state index in [2.05, 4.69) is 62.7 Å². The van der Waals surface area contributed by atoms with Crippen LogP contribution in [-0.4, -0.2) is 4.57 Å². The molecule has 0 aliphatic rings. The summed E-state index contributed by atoms with van der Waals surface area (Å²) >= 11 is 0. The molecule has 0 bridgehead atoms. The van der Waals surface area contributed by atoms with Crippen LogP contribution >= 0.6 is 0 Å². The molecule has 1 aromatic heterocycles. The molecular formula is C16H21N. The Bertz CT molecular complexity index is 503. The van der Waals surface area contributed by atoms with E-state index in [9.17, 15) is 0 Å². The average molecular weight is 227 g/mol. The molecule has 0 atom stereocenters. The van der Waals surface area contributed by atoms with E-state index in [-0.39, 0.29) is 0 Å². The van der Waals surface area contributed by atoms with Crippen LogP contribution in [0.15, 0.2) is 30.3 Å². The number of benzene rings is 1. The minimum absolute atomic E-state index is 1.16. The fraction of sp³-hybridized carbons (Fsp3) is 0.375. The summed E-state index contributed by atoms with van der Waals surface area (Å²) < 4.78 is 2.32. The van der Waals surface area contributed by atoms with Gasteiger partial charge in [-0.2, -0.15) is 0 Å². The maximum absolute atomic E-state index is 2.34. The van der Waals surface area contributed by atoms with Crippen LogP contribution in [0, 0.1) is 13.8 Å². The molecule has 1 aromatic carbocycles. The lowest BCUT2D eigenvalue weighted by molar-refractivity contribution is 0.769. The Kier molecular flexibility index (Phi) is 3.37. The Morgan fingerprint density at radius 1 is 1.06 bits per heavy atom. The van der Waals surface area contributed by atoms with Gasteiger partial charge in [-0.25, -0.2) is 0 Å². The molecule has 0 spiro atoms. The monoisotopic (exact) mass is 227 g/mol. The van der Waals surface area contributed by atoms with E-state index in [1.54, 1.807) is 0 Å². The maximum Gasteiger partial charge on any atom is 0.0221 e. The van der Waals surface area contributed by atoms with E-state index >= 15 is 0 Å². The Morgan fingerprint density at radius 3 is 2.29 bits per heavy atom. The van der Waals surface area contributed by atoms with Crippen LogP contribution < -0.4 is 0 Å². The molecule has 17 heavy (non-hydrogen) atoms. The largest absolute Gasteiger partial charge is 0.351 e. The molecule has 0 aliphatic carbocycles. The fourth-order valence-electron chi connectivity index (χ4n) is 2.29. The third-order valence-electron chi connectivity index (χ3n) is 3.50. The van der Waals surface area contributed by atoms with Crippen LogP contribution in [0.1, 0.15) is 30.3 Å². The highest BCUT2D eigenvalue weighted by atomic mass is 15.0. The van der Waals surface area contributed by atoms with Crippen molar-refractivity contribution in [2.45, 2.75) is 33.6 Å². The second-order valence-electron chi connectivity index (χ2n) is 4.81. The summed E-state index contributed by atoms with van der Waals surface area (Å²) in [5.74, 6) is 0. The summed E-state index contributed by atoms with van der Waals surface area (Å²) in [4.78, 5) is 0. The summed E-state index contributed by atoms with van der Waals surface area (Å²) in [5.41, 5.74) is 6.80. The van der Waals surface area contributed by atoms with Gasteiger partial charge >= 0.3 is 0 Å². The van der Waals surface area contributed by atoms with Gasteiger partial charge in [-0.05, 0) is 31.9 Å². The van der Waals surface area contributed by atoms with E-state index in [1.165, 1.54) is 34.5 Å². The van der Waals surface area contributed by atoms with Gasteiger partial charge < -0.3 is 4.57 Å². The summed E-state index contributed by atoms with van der Waals surface area (Å²) in [7, 11) is 2.16. The van der Waals surface area contributed by atoms with Crippen LogP contribution in [-0.2, 0) is 13.5 Å². The molecule has 1 heteroatoms. The van der Waals surface area contributed by atoms with Crippen molar-refractivity contribution in [1.82, 2.24) is 4.57 Å². The third kappa shape index (κ3) is 2.28. The van der Waals surface area contributed by atoms with Gasteiger partial charge in [0.2, 0.25) is 0 Å². The van der Waals surface area contributed by atoms with Gasteiger partial charge in [-0.1, -0.05) is 43.2 Å². The zero-order chi connectivity index (χ0) is 12.4. The predicted molar refractivity (Wildman–Crippen MR) is 74.3 cm³/mol. The van der Waals surface area contributed by atoms with Crippen molar-refractivity contribution in [3.63, 3.8) is 0 Å². The first kappa shape index (κ1) is 12.0. The van der Waals surface area contributed by atoms with Crippen molar-refractivity contribution in [3.8, 4) is 11.1 Å². The second-order valence-corrected chi connectivity index (χ2v) is 4.81. The molecule has 0 N–H and O–H groups in total. The molecular weight excluding hydrogens is 206 g/mol. The minimum Gasteiger partial charge on any atom is -0.351 e. The summed E-state index contributed by atoms with van der Waals surface area (Å²) in [6, 6.07) is 11.1. The standard InChI is InChI=1S/C16H21N/c1-5-6-15-11-16(13(3)17(15)4)14-9-7-12(2)8-10-14/h7-11H,5-6H2,1-4H3. The highest BCUT2D eigenvalue weighted by molar-refractivity contribution is 5.67. The zero-order valence-corrected chi connectivity index (χ0v) is 11.2. The molecule has 0 amide bonds. The molecule has 90 valence electrons. The van der Waals surface area contributed by atoms with Gasteiger partial charge in [-0.3, -0.25) is 0 Å². The summed E-state index contributed by atoms with van der Waals surface area (Å²) in [5, 5.41) is 0. The van der Waals surface area contributed by atoms with Crippen molar-refractivity contribution in [3.05, 3.63) is 47.3 Å². The third-order valence-corrected chi connectivity index (χ3v) is 3.50. The predicted octanol–water partition coefficient (Wildman–Crippen LogP) is 4.26. The normalized spacial score (nSPS) is 10.8. The van der Waals surface area contributed by atoms with Crippen LogP contribution in [0.3, 0.4) is 0 Å². The summed E-state index contributed by atoms with van der Waals surface area (Å²) in [6.45, 7) is 6.56. The van der Waals surface area contributed by atoms with E-state index in [1.807, 2.05) is 0 Å². The van der Waals surface area contributed by atoms with Crippen LogP contribution in [0.25, 0.3) is 11.1 Å². The van der Waals surface area contributed by atoms with Crippen molar-refractivity contribution >= 4 is 0 Å². The van der Waals surface area contributed by atoms with Crippen LogP contribution in [0.5, 0.6) is 0 Å². The Hall–Kier alpha value is -1.50. The number of hydrogen-bond acceptors (Lipinski definition) is 0. The van der Waals surface area contributed by atoms with Gasteiger partial charge in [0.25, 0.3) is 0 Å². The number of hydrogen-bond donors (Lipinski definition) is 0. The first-order valence-corrected chi connectivity index (χ1v) is 6.35. The molecule has 2 aromatic rings. The quantitative estimate of drug-likeness (QED) is 0.738. The van der Waals surface area contributed by atoms with Gasteiger partial charge in [0.05, 0.1) is 0 Å². The minimum atomic E-state index is 1.16. The van der Waals surface area contributed by atoms with Crippen molar-refractivity contribution < 1.29 is 0 Å². The van der Waals surface area contributed by atoms with E-state index in [0.717, 1.165) is 6.42 Å². The van der Waals surface area contributed by atoms with E-state index in [0.29, 0.717) is 0 Å². The highest BCUT2D eigenvalue weighted by Crippen LogP contribution is 2.27. The SMILES string of the molecule is CCCc1cc(-c2ccc(C)cc2)c(C)n1C. The highest BCUT2D eigenvalue weighted by Gasteiger charge is 2.09. The molecule has 0 radical (unpaired) electrons. The lowest BCUT2D eigenvalue weighted by Gasteiger charge is -2.04. The molecule has 0 saturated carbocycles. The topological polar surface area (TPSA) is 4.93 Å². The van der Waals surface area contributed by atoms with E-state index in [4.69, 9.17) is 0 Å². The number of nitrogens with zero attached hydrogens (tertiary/aromatic N) is 1. The van der Waals surface area contributed by atoms with Gasteiger partial charge in [0, 0.05) is 24.0 Å². The van der Waals surface area contributed by atoms with Crippen molar-refractivity contribution in [2.24, 2.45) is 7.05 Å². The lowest BCUT2D eigenvalue weighted by Crippen LogP contribution is -1.97. The zero-order valence-electron chi connectivity index (χ0n) is 11.2. The van der Waals surface area contributed by atoms with E-state index < -0.39 is 0 Å². The molecule has 0 unspecified atom stereocenters. The number of aromatic nitrogens is 1. The Morgan fingerprint density at radius 2 is 1.71 bits per heavy atom. The average Bonchev–Trinajstić information content (AvgIpc) is 2.59. The Balaban J connectivity index is 2.45.